The molecule has 1 unspecified atom stereocenters. The van der Waals surface area contributed by atoms with Crippen LogP contribution in [0.15, 0.2) is 41.1 Å². The zero-order valence-electron chi connectivity index (χ0n) is 11.1. The maximum absolute atomic E-state index is 8.98. The van der Waals surface area contributed by atoms with E-state index in [9.17, 15) is 0 Å². The largest absolute Gasteiger partial charge is 0.294 e. The van der Waals surface area contributed by atoms with E-state index in [-0.39, 0.29) is 5.38 Å². The molecule has 2 aromatic heterocycles. The lowest BCUT2D eigenvalue weighted by molar-refractivity contribution is 0.880. The van der Waals surface area contributed by atoms with Crippen LogP contribution in [0.1, 0.15) is 23.7 Å². The van der Waals surface area contributed by atoms with Crippen molar-refractivity contribution in [2.75, 3.05) is 0 Å². The first-order valence-corrected chi connectivity index (χ1v) is 7.51. The summed E-state index contributed by atoms with van der Waals surface area (Å²) in [6.07, 6.45) is 3.44. The lowest BCUT2D eigenvalue weighted by atomic mass is 10.2. The topological polar surface area (TPSA) is 54.5 Å². The number of nitrogens with zero attached hydrogens (tertiary/aromatic N) is 4. The molecular formula is C15H10BrClN4. The standard InChI is InChI=1S/C15H10BrClN4/c1-9(17)15-20-12-8-19-5-4-14(12)21(15)13-3-2-10(7-18)6-11(13)16/h2-6,8-9H,1H3. The molecule has 0 amide bonds. The fourth-order valence-electron chi connectivity index (χ4n) is 2.23. The highest BCUT2D eigenvalue weighted by Gasteiger charge is 2.18. The number of halogens is 2. The van der Waals surface area contributed by atoms with Crippen LogP contribution < -0.4 is 0 Å². The minimum atomic E-state index is -0.250. The molecule has 104 valence electrons. The molecule has 0 aliphatic heterocycles. The number of nitriles is 1. The molecule has 21 heavy (non-hydrogen) atoms. The average Bonchev–Trinajstić information content (AvgIpc) is 2.86. The van der Waals surface area contributed by atoms with Crippen molar-refractivity contribution in [1.82, 2.24) is 14.5 Å². The van der Waals surface area contributed by atoms with Gasteiger partial charge in [0.05, 0.1) is 34.4 Å². The number of pyridine rings is 1. The molecular weight excluding hydrogens is 352 g/mol. The van der Waals surface area contributed by atoms with Gasteiger partial charge in [-0.05, 0) is 47.1 Å². The molecule has 0 N–H and O–H groups in total. The minimum Gasteiger partial charge on any atom is -0.294 e. The Bertz CT molecular complexity index is 864. The van der Waals surface area contributed by atoms with Gasteiger partial charge in [0.1, 0.15) is 11.3 Å². The van der Waals surface area contributed by atoms with Crippen molar-refractivity contribution in [3.8, 4) is 11.8 Å². The average molecular weight is 362 g/mol. The smallest absolute Gasteiger partial charge is 0.132 e. The second-order valence-corrected chi connectivity index (χ2v) is 6.07. The zero-order valence-corrected chi connectivity index (χ0v) is 13.4. The van der Waals surface area contributed by atoms with Crippen molar-refractivity contribution >= 4 is 38.6 Å². The van der Waals surface area contributed by atoms with Crippen LogP contribution in [0, 0.1) is 11.3 Å². The third kappa shape index (κ3) is 2.41. The van der Waals surface area contributed by atoms with E-state index in [1.54, 1.807) is 24.5 Å². The summed E-state index contributed by atoms with van der Waals surface area (Å²) in [5, 5.41) is 8.73. The quantitative estimate of drug-likeness (QED) is 0.637. The Kier molecular flexibility index (Phi) is 3.66. The summed E-state index contributed by atoms with van der Waals surface area (Å²) in [5.41, 5.74) is 3.21. The van der Waals surface area contributed by atoms with E-state index in [0.717, 1.165) is 27.0 Å². The van der Waals surface area contributed by atoms with Gasteiger partial charge >= 0.3 is 0 Å². The molecule has 3 rings (SSSR count). The normalized spacial score (nSPS) is 12.3. The molecule has 2 heterocycles. The van der Waals surface area contributed by atoms with E-state index in [4.69, 9.17) is 16.9 Å². The SMILES string of the molecule is CC(Cl)c1nc2cnccc2n1-c1ccc(C#N)cc1Br. The van der Waals surface area contributed by atoms with Gasteiger partial charge in [-0.15, -0.1) is 11.6 Å². The van der Waals surface area contributed by atoms with E-state index in [1.165, 1.54) is 0 Å². The number of benzene rings is 1. The molecule has 0 spiro atoms. The van der Waals surface area contributed by atoms with Crippen molar-refractivity contribution in [3.63, 3.8) is 0 Å². The molecule has 0 radical (unpaired) electrons. The molecule has 0 fully saturated rings. The van der Waals surface area contributed by atoms with Crippen molar-refractivity contribution in [2.24, 2.45) is 0 Å². The van der Waals surface area contributed by atoms with Crippen molar-refractivity contribution in [1.29, 1.82) is 5.26 Å². The van der Waals surface area contributed by atoms with E-state index in [0.29, 0.717) is 5.56 Å². The van der Waals surface area contributed by atoms with Crippen LogP contribution in [0.2, 0.25) is 0 Å². The number of alkyl halides is 1. The molecule has 0 aliphatic rings. The van der Waals surface area contributed by atoms with Gasteiger partial charge in [-0.2, -0.15) is 5.26 Å². The highest BCUT2D eigenvalue weighted by Crippen LogP contribution is 2.31. The Morgan fingerprint density at radius 3 is 2.86 bits per heavy atom. The summed E-state index contributed by atoms with van der Waals surface area (Å²) < 4.78 is 2.80. The number of imidazole rings is 1. The number of hydrogen-bond acceptors (Lipinski definition) is 3. The van der Waals surface area contributed by atoms with Gasteiger partial charge in [0.15, 0.2) is 0 Å². The van der Waals surface area contributed by atoms with E-state index in [1.807, 2.05) is 23.6 Å². The molecule has 6 heteroatoms. The first-order valence-electron chi connectivity index (χ1n) is 6.28. The molecule has 4 nitrogen and oxygen atoms in total. The maximum atomic E-state index is 8.98. The lowest BCUT2D eigenvalue weighted by Crippen LogP contribution is -2.03. The van der Waals surface area contributed by atoms with Crippen LogP contribution in [0.3, 0.4) is 0 Å². The van der Waals surface area contributed by atoms with Gasteiger partial charge in [0, 0.05) is 10.7 Å². The predicted molar refractivity (Wildman–Crippen MR) is 85.5 cm³/mol. The summed E-state index contributed by atoms with van der Waals surface area (Å²) in [5.74, 6) is 0.741. The van der Waals surface area contributed by atoms with Gasteiger partial charge in [-0.25, -0.2) is 4.98 Å². The van der Waals surface area contributed by atoms with E-state index >= 15 is 0 Å². The first-order chi connectivity index (χ1) is 10.1. The summed E-state index contributed by atoms with van der Waals surface area (Å²) >= 11 is 9.79. The van der Waals surface area contributed by atoms with Gasteiger partial charge in [-0.1, -0.05) is 0 Å². The van der Waals surface area contributed by atoms with E-state index in [2.05, 4.69) is 32.0 Å². The molecule has 1 aromatic carbocycles. The third-order valence-corrected chi connectivity index (χ3v) is 3.99. The van der Waals surface area contributed by atoms with Gasteiger partial charge in [0.25, 0.3) is 0 Å². The van der Waals surface area contributed by atoms with Crippen molar-refractivity contribution < 1.29 is 0 Å². The zero-order chi connectivity index (χ0) is 15.0. The van der Waals surface area contributed by atoms with Gasteiger partial charge in [0.2, 0.25) is 0 Å². The number of hydrogen-bond donors (Lipinski definition) is 0. The van der Waals surface area contributed by atoms with Gasteiger partial charge in [-0.3, -0.25) is 9.55 Å². The van der Waals surface area contributed by atoms with Crippen molar-refractivity contribution in [2.45, 2.75) is 12.3 Å². The second-order valence-electron chi connectivity index (χ2n) is 4.56. The Hall–Kier alpha value is -1.90. The Morgan fingerprint density at radius 1 is 1.38 bits per heavy atom. The highest BCUT2D eigenvalue weighted by atomic mass is 79.9. The summed E-state index contributed by atoms with van der Waals surface area (Å²) in [7, 11) is 0. The highest BCUT2D eigenvalue weighted by molar-refractivity contribution is 9.10. The van der Waals surface area contributed by atoms with E-state index < -0.39 is 0 Å². The second kappa shape index (κ2) is 5.47. The Morgan fingerprint density at radius 2 is 2.19 bits per heavy atom. The summed E-state index contributed by atoms with van der Waals surface area (Å²) in [6, 6.07) is 9.46. The molecule has 1 atom stereocenters. The summed E-state index contributed by atoms with van der Waals surface area (Å²) in [4.78, 5) is 8.65. The van der Waals surface area contributed by atoms with Crippen LogP contribution in [0.4, 0.5) is 0 Å². The monoisotopic (exact) mass is 360 g/mol. The molecule has 3 aromatic rings. The predicted octanol–water partition coefficient (Wildman–Crippen LogP) is 4.35. The maximum Gasteiger partial charge on any atom is 0.132 e. The van der Waals surface area contributed by atoms with Gasteiger partial charge < -0.3 is 0 Å². The van der Waals surface area contributed by atoms with Crippen LogP contribution in [0.25, 0.3) is 16.7 Å². The Labute approximate surface area is 135 Å². The lowest BCUT2D eigenvalue weighted by Gasteiger charge is -2.12. The van der Waals surface area contributed by atoms with Crippen LogP contribution in [0.5, 0.6) is 0 Å². The first kappa shape index (κ1) is 14.1. The number of rotatable bonds is 2. The van der Waals surface area contributed by atoms with Crippen LogP contribution in [-0.4, -0.2) is 14.5 Å². The number of aromatic nitrogens is 3. The van der Waals surface area contributed by atoms with Crippen LogP contribution in [-0.2, 0) is 0 Å². The number of fused-ring (bicyclic) bond motifs is 1. The fourth-order valence-corrected chi connectivity index (χ4v) is 2.93. The van der Waals surface area contributed by atoms with Crippen molar-refractivity contribution in [3.05, 3.63) is 52.5 Å². The Balaban J connectivity index is 2.33. The summed E-state index contributed by atoms with van der Waals surface area (Å²) in [6.45, 7) is 1.88. The third-order valence-electron chi connectivity index (χ3n) is 3.16. The molecule has 0 aliphatic carbocycles. The molecule has 0 saturated heterocycles. The fraction of sp³-hybridized carbons (Fsp3) is 0.133. The molecule has 0 bridgehead atoms. The minimum absolute atomic E-state index is 0.250. The van der Waals surface area contributed by atoms with Crippen LogP contribution >= 0.6 is 27.5 Å². The molecule has 0 saturated carbocycles.